The van der Waals surface area contributed by atoms with Gasteiger partial charge in [0.1, 0.15) is 0 Å². The molecule has 3 nitrogen and oxygen atoms in total. The van der Waals surface area contributed by atoms with E-state index in [1.807, 2.05) is 0 Å². The second-order valence-corrected chi connectivity index (χ2v) is 6.57. The summed E-state index contributed by atoms with van der Waals surface area (Å²) in [5.74, 6) is 0. The van der Waals surface area contributed by atoms with Crippen molar-refractivity contribution in [1.29, 1.82) is 0 Å². The Bertz CT molecular complexity index is 463. The molecule has 0 radical (unpaired) electrons. The molecular weight excluding hydrogens is 246 g/mol. The minimum Gasteiger partial charge on any atom is -0.379 e. The second kappa shape index (κ2) is 5.28. The molecule has 3 heteroatoms. The maximum atomic E-state index is 3.82. The lowest BCUT2D eigenvalue weighted by Gasteiger charge is -2.24. The number of hydrogen-bond acceptors (Lipinski definition) is 3. The molecule has 0 amide bonds. The summed E-state index contributed by atoms with van der Waals surface area (Å²) >= 11 is 0. The molecular formula is C17H25N3. The molecule has 2 aliphatic heterocycles. The van der Waals surface area contributed by atoms with Gasteiger partial charge in [0.05, 0.1) is 11.4 Å². The topological polar surface area (TPSA) is 18.5 Å². The van der Waals surface area contributed by atoms with Crippen molar-refractivity contribution < 1.29 is 0 Å². The summed E-state index contributed by atoms with van der Waals surface area (Å²) < 4.78 is 0. The molecule has 3 aliphatic rings. The Kier molecular flexibility index (Phi) is 3.31. The lowest BCUT2D eigenvalue weighted by atomic mass is 10.2. The number of nitrogens with zero attached hydrogens (tertiary/aromatic N) is 2. The van der Waals surface area contributed by atoms with Gasteiger partial charge in [-0.3, -0.25) is 4.90 Å². The Morgan fingerprint density at radius 2 is 1.75 bits per heavy atom. The van der Waals surface area contributed by atoms with Crippen molar-refractivity contribution in [3.63, 3.8) is 0 Å². The average molecular weight is 271 g/mol. The number of para-hydroxylation sites is 2. The molecule has 1 unspecified atom stereocenters. The molecule has 1 aromatic carbocycles. The smallest absolute Gasteiger partial charge is 0.0602 e. The number of benzene rings is 1. The second-order valence-electron chi connectivity index (χ2n) is 6.57. The summed E-state index contributed by atoms with van der Waals surface area (Å²) in [6.45, 7) is 4.96. The zero-order valence-electron chi connectivity index (χ0n) is 12.2. The maximum Gasteiger partial charge on any atom is 0.0602 e. The van der Waals surface area contributed by atoms with E-state index in [0.29, 0.717) is 6.04 Å². The normalized spacial score (nSPS) is 27.2. The van der Waals surface area contributed by atoms with Gasteiger partial charge in [-0.05, 0) is 44.2 Å². The fourth-order valence-corrected chi connectivity index (χ4v) is 3.73. The molecule has 2 heterocycles. The van der Waals surface area contributed by atoms with Crippen LogP contribution in [0.1, 0.15) is 32.1 Å². The van der Waals surface area contributed by atoms with Crippen LogP contribution in [0, 0.1) is 0 Å². The van der Waals surface area contributed by atoms with Gasteiger partial charge in [-0.1, -0.05) is 12.1 Å². The summed E-state index contributed by atoms with van der Waals surface area (Å²) in [5, 5.41) is 3.82. The summed E-state index contributed by atoms with van der Waals surface area (Å²) in [4.78, 5) is 5.21. The number of hydrogen-bond donors (Lipinski definition) is 1. The van der Waals surface area contributed by atoms with Crippen LogP contribution in [0.15, 0.2) is 24.3 Å². The lowest BCUT2D eigenvalue weighted by Crippen LogP contribution is -2.28. The molecule has 0 bridgehead atoms. The van der Waals surface area contributed by atoms with E-state index < -0.39 is 0 Å². The van der Waals surface area contributed by atoms with Gasteiger partial charge in [-0.2, -0.15) is 0 Å². The predicted octanol–water partition coefficient (Wildman–Crippen LogP) is 2.94. The SMILES string of the molecule is c1ccc(N2CCCC2)c(NC2CCN(C3CC3)C2)c1. The zero-order chi connectivity index (χ0) is 13.4. The van der Waals surface area contributed by atoms with Gasteiger partial charge in [0.25, 0.3) is 0 Å². The van der Waals surface area contributed by atoms with Crippen molar-refractivity contribution in [3.8, 4) is 0 Å². The van der Waals surface area contributed by atoms with Crippen LogP contribution in [0.3, 0.4) is 0 Å². The first kappa shape index (κ1) is 12.5. The van der Waals surface area contributed by atoms with Crippen molar-refractivity contribution in [2.24, 2.45) is 0 Å². The number of likely N-dealkylation sites (tertiary alicyclic amines) is 1. The van der Waals surface area contributed by atoms with Gasteiger partial charge in [0.15, 0.2) is 0 Å². The molecule has 108 valence electrons. The fraction of sp³-hybridized carbons (Fsp3) is 0.647. The molecule has 1 aliphatic carbocycles. The fourth-order valence-electron chi connectivity index (χ4n) is 3.73. The molecule has 1 saturated carbocycles. The van der Waals surface area contributed by atoms with Crippen molar-refractivity contribution in [2.75, 3.05) is 36.4 Å². The van der Waals surface area contributed by atoms with Crippen LogP contribution >= 0.6 is 0 Å². The van der Waals surface area contributed by atoms with E-state index in [0.717, 1.165) is 6.04 Å². The van der Waals surface area contributed by atoms with Gasteiger partial charge >= 0.3 is 0 Å². The van der Waals surface area contributed by atoms with Crippen LogP contribution in [0.25, 0.3) is 0 Å². The van der Waals surface area contributed by atoms with Crippen LogP contribution in [0.5, 0.6) is 0 Å². The molecule has 20 heavy (non-hydrogen) atoms. The highest BCUT2D eigenvalue weighted by Gasteiger charge is 2.34. The minimum absolute atomic E-state index is 0.638. The number of rotatable bonds is 4. The Hall–Kier alpha value is -1.22. The molecule has 3 fully saturated rings. The Morgan fingerprint density at radius 1 is 0.950 bits per heavy atom. The molecule has 4 rings (SSSR count). The third kappa shape index (κ3) is 2.51. The van der Waals surface area contributed by atoms with Gasteiger partial charge < -0.3 is 10.2 Å². The highest BCUT2D eigenvalue weighted by molar-refractivity contribution is 5.70. The highest BCUT2D eigenvalue weighted by atomic mass is 15.2. The summed E-state index contributed by atoms with van der Waals surface area (Å²) in [6.07, 6.45) is 6.83. The predicted molar refractivity (Wildman–Crippen MR) is 84.5 cm³/mol. The van der Waals surface area contributed by atoms with Crippen LogP contribution in [0.2, 0.25) is 0 Å². The summed E-state index contributed by atoms with van der Waals surface area (Å²) in [7, 11) is 0. The van der Waals surface area contributed by atoms with Gasteiger partial charge in [-0.15, -0.1) is 0 Å². The first-order valence-corrected chi connectivity index (χ1v) is 8.25. The van der Waals surface area contributed by atoms with E-state index in [9.17, 15) is 0 Å². The zero-order valence-corrected chi connectivity index (χ0v) is 12.2. The molecule has 1 aromatic rings. The highest BCUT2D eigenvalue weighted by Crippen LogP contribution is 2.33. The molecule has 0 spiro atoms. The van der Waals surface area contributed by atoms with Crippen molar-refractivity contribution >= 4 is 11.4 Å². The minimum atomic E-state index is 0.638. The monoisotopic (exact) mass is 271 g/mol. The van der Waals surface area contributed by atoms with Gasteiger partial charge in [0, 0.05) is 38.3 Å². The van der Waals surface area contributed by atoms with Gasteiger partial charge in [0.2, 0.25) is 0 Å². The van der Waals surface area contributed by atoms with Crippen LogP contribution in [-0.2, 0) is 0 Å². The Balaban J connectivity index is 1.45. The summed E-state index contributed by atoms with van der Waals surface area (Å²) in [6, 6.07) is 10.4. The van der Waals surface area contributed by atoms with Crippen LogP contribution in [-0.4, -0.2) is 43.2 Å². The quantitative estimate of drug-likeness (QED) is 0.908. The molecule has 1 atom stereocenters. The number of anilines is 2. The van der Waals surface area contributed by atoms with E-state index in [-0.39, 0.29) is 0 Å². The maximum absolute atomic E-state index is 3.82. The third-order valence-corrected chi connectivity index (χ3v) is 4.99. The first-order chi connectivity index (χ1) is 9.90. The Labute approximate surface area is 121 Å². The standard InChI is InChI=1S/C17H25N3/c1-2-6-17(19-10-3-4-11-19)16(5-1)18-14-9-12-20(13-14)15-7-8-15/h1-2,5-6,14-15,18H,3-4,7-13H2. The van der Waals surface area contributed by atoms with Crippen LogP contribution in [0.4, 0.5) is 11.4 Å². The first-order valence-electron chi connectivity index (χ1n) is 8.25. The van der Waals surface area contributed by atoms with E-state index >= 15 is 0 Å². The Morgan fingerprint density at radius 3 is 2.55 bits per heavy atom. The van der Waals surface area contributed by atoms with Crippen LogP contribution < -0.4 is 10.2 Å². The van der Waals surface area contributed by atoms with E-state index in [1.54, 1.807) is 0 Å². The largest absolute Gasteiger partial charge is 0.379 e. The molecule has 2 saturated heterocycles. The van der Waals surface area contributed by atoms with Crippen molar-refractivity contribution in [2.45, 2.75) is 44.2 Å². The van der Waals surface area contributed by atoms with E-state index in [4.69, 9.17) is 0 Å². The lowest BCUT2D eigenvalue weighted by molar-refractivity contribution is 0.326. The van der Waals surface area contributed by atoms with E-state index in [1.165, 1.54) is 69.7 Å². The average Bonchev–Trinajstić information content (AvgIpc) is 3.00. The van der Waals surface area contributed by atoms with Gasteiger partial charge in [-0.25, -0.2) is 0 Å². The number of nitrogens with one attached hydrogen (secondary N) is 1. The summed E-state index contributed by atoms with van der Waals surface area (Å²) in [5.41, 5.74) is 2.76. The van der Waals surface area contributed by atoms with E-state index in [2.05, 4.69) is 39.4 Å². The molecule has 1 N–H and O–H groups in total. The van der Waals surface area contributed by atoms with Crippen molar-refractivity contribution in [1.82, 2.24) is 4.90 Å². The van der Waals surface area contributed by atoms with Crippen molar-refractivity contribution in [3.05, 3.63) is 24.3 Å². The molecule has 0 aromatic heterocycles. The third-order valence-electron chi connectivity index (χ3n) is 4.99.